The van der Waals surface area contributed by atoms with Crippen LogP contribution < -0.4 is 5.32 Å². The molecule has 0 unspecified atom stereocenters. The number of amides is 1. The average Bonchev–Trinajstić information content (AvgIpc) is 2.49. The minimum absolute atomic E-state index is 0.00506. The number of ether oxygens (including phenoxy) is 1. The molecule has 1 amide bonds. The van der Waals surface area contributed by atoms with E-state index in [2.05, 4.69) is 15.3 Å². The van der Waals surface area contributed by atoms with Crippen LogP contribution in [0, 0.1) is 6.92 Å². The second-order valence-electron chi connectivity index (χ2n) is 4.59. The van der Waals surface area contributed by atoms with Gasteiger partial charge in [0.1, 0.15) is 5.03 Å². The van der Waals surface area contributed by atoms with E-state index in [0.29, 0.717) is 18.9 Å². The zero-order valence-electron chi connectivity index (χ0n) is 12.3. The number of aryl methyl sites for hydroxylation is 1. The van der Waals surface area contributed by atoms with Crippen molar-refractivity contribution >= 4 is 28.7 Å². The molecule has 1 N–H and O–H groups in total. The van der Waals surface area contributed by atoms with Crippen LogP contribution in [0.4, 0.5) is 0 Å². The highest BCUT2D eigenvalue weighted by Gasteiger charge is 2.08. The summed E-state index contributed by atoms with van der Waals surface area (Å²) in [6.45, 7) is 3.20. The first kappa shape index (κ1) is 15.7. The molecule has 0 atom stereocenters. The molecular weight excluding hydrogens is 286 g/mol. The summed E-state index contributed by atoms with van der Waals surface area (Å²) in [5.74, 6) is 0.353. The molecule has 0 fully saturated rings. The third-order valence-electron chi connectivity index (χ3n) is 2.89. The number of benzene rings is 1. The van der Waals surface area contributed by atoms with Crippen molar-refractivity contribution < 1.29 is 9.53 Å². The van der Waals surface area contributed by atoms with Gasteiger partial charge in [-0.05, 0) is 25.5 Å². The SMILES string of the molecule is COCCCNC(=O)CSc1nc2ccccc2nc1C. The lowest BCUT2D eigenvalue weighted by atomic mass is 10.3. The normalized spacial score (nSPS) is 10.8. The van der Waals surface area contributed by atoms with Gasteiger partial charge in [-0.25, -0.2) is 9.97 Å². The van der Waals surface area contributed by atoms with Crippen molar-refractivity contribution in [2.45, 2.75) is 18.4 Å². The number of aromatic nitrogens is 2. The Morgan fingerprint density at radius 2 is 2.00 bits per heavy atom. The first-order chi connectivity index (χ1) is 10.2. The third-order valence-corrected chi connectivity index (χ3v) is 3.96. The van der Waals surface area contributed by atoms with Crippen molar-refractivity contribution in [2.24, 2.45) is 0 Å². The monoisotopic (exact) mass is 305 g/mol. The lowest BCUT2D eigenvalue weighted by molar-refractivity contribution is -0.118. The minimum Gasteiger partial charge on any atom is -0.385 e. The van der Waals surface area contributed by atoms with E-state index in [-0.39, 0.29) is 5.91 Å². The molecule has 0 aliphatic rings. The van der Waals surface area contributed by atoms with Gasteiger partial charge in [0.25, 0.3) is 0 Å². The molecule has 0 saturated heterocycles. The van der Waals surface area contributed by atoms with Gasteiger partial charge in [-0.15, -0.1) is 0 Å². The van der Waals surface area contributed by atoms with Gasteiger partial charge in [-0.2, -0.15) is 0 Å². The highest BCUT2D eigenvalue weighted by atomic mass is 32.2. The molecule has 2 aromatic rings. The van der Waals surface area contributed by atoms with E-state index < -0.39 is 0 Å². The van der Waals surface area contributed by atoms with Crippen molar-refractivity contribution in [3.05, 3.63) is 30.0 Å². The molecule has 21 heavy (non-hydrogen) atoms. The zero-order chi connectivity index (χ0) is 15.1. The van der Waals surface area contributed by atoms with Crippen LogP contribution in [0.15, 0.2) is 29.3 Å². The Balaban J connectivity index is 1.91. The van der Waals surface area contributed by atoms with Gasteiger partial charge in [0.2, 0.25) is 5.91 Å². The summed E-state index contributed by atoms with van der Waals surface area (Å²) in [6, 6.07) is 7.74. The Labute approximate surface area is 128 Å². The highest BCUT2D eigenvalue weighted by molar-refractivity contribution is 7.99. The molecule has 6 heteroatoms. The number of hydrogen-bond acceptors (Lipinski definition) is 5. The topological polar surface area (TPSA) is 64.1 Å². The maximum Gasteiger partial charge on any atom is 0.230 e. The van der Waals surface area contributed by atoms with Crippen LogP contribution >= 0.6 is 11.8 Å². The summed E-state index contributed by atoms with van der Waals surface area (Å²) < 4.78 is 4.93. The number of carbonyl (C=O) groups is 1. The summed E-state index contributed by atoms with van der Waals surface area (Å²) >= 11 is 1.42. The molecule has 1 heterocycles. The molecule has 0 spiro atoms. The molecule has 0 bridgehead atoms. The van der Waals surface area contributed by atoms with E-state index in [1.807, 2.05) is 31.2 Å². The standard InChI is InChI=1S/C15H19N3O2S/c1-11-15(18-13-7-4-3-6-12(13)17-11)21-10-14(19)16-8-5-9-20-2/h3-4,6-7H,5,8-10H2,1-2H3,(H,16,19). The number of nitrogens with zero attached hydrogens (tertiary/aromatic N) is 2. The van der Waals surface area contributed by atoms with E-state index in [4.69, 9.17) is 4.74 Å². The first-order valence-corrected chi connectivity index (χ1v) is 7.81. The van der Waals surface area contributed by atoms with E-state index in [1.165, 1.54) is 11.8 Å². The Hall–Kier alpha value is -1.66. The van der Waals surface area contributed by atoms with Crippen LogP contribution in [0.5, 0.6) is 0 Å². The highest BCUT2D eigenvalue weighted by Crippen LogP contribution is 2.21. The number of fused-ring (bicyclic) bond motifs is 1. The van der Waals surface area contributed by atoms with Crippen molar-refractivity contribution in [3.8, 4) is 0 Å². The molecular formula is C15H19N3O2S. The van der Waals surface area contributed by atoms with E-state index in [0.717, 1.165) is 28.2 Å². The molecule has 0 saturated carbocycles. The number of hydrogen-bond donors (Lipinski definition) is 1. The predicted molar refractivity (Wildman–Crippen MR) is 84.5 cm³/mol. The molecule has 112 valence electrons. The number of nitrogens with one attached hydrogen (secondary N) is 1. The molecule has 2 rings (SSSR count). The smallest absolute Gasteiger partial charge is 0.230 e. The van der Waals surface area contributed by atoms with E-state index in [9.17, 15) is 4.79 Å². The van der Waals surface area contributed by atoms with Crippen LogP contribution in [0.25, 0.3) is 11.0 Å². The first-order valence-electron chi connectivity index (χ1n) is 6.82. The molecule has 5 nitrogen and oxygen atoms in total. The van der Waals surface area contributed by atoms with Gasteiger partial charge in [0, 0.05) is 20.3 Å². The maximum absolute atomic E-state index is 11.7. The number of methoxy groups -OCH3 is 1. The lowest BCUT2D eigenvalue weighted by Crippen LogP contribution is -2.26. The average molecular weight is 305 g/mol. The van der Waals surface area contributed by atoms with E-state index in [1.54, 1.807) is 7.11 Å². The zero-order valence-corrected chi connectivity index (χ0v) is 13.1. The van der Waals surface area contributed by atoms with Crippen LogP contribution in [0.1, 0.15) is 12.1 Å². The number of para-hydroxylation sites is 2. The van der Waals surface area contributed by atoms with E-state index >= 15 is 0 Å². The Kier molecular flexibility index (Phi) is 5.95. The summed E-state index contributed by atoms with van der Waals surface area (Å²) in [6.07, 6.45) is 0.821. The lowest BCUT2D eigenvalue weighted by Gasteiger charge is -2.07. The molecule has 0 aliphatic carbocycles. The fourth-order valence-corrected chi connectivity index (χ4v) is 2.63. The Bertz CT molecular complexity index is 619. The second-order valence-corrected chi connectivity index (χ2v) is 5.55. The summed E-state index contributed by atoms with van der Waals surface area (Å²) in [5.41, 5.74) is 2.58. The summed E-state index contributed by atoms with van der Waals surface area (Å²) in [5, 5.41) is 3.66. The van der Waals surface area contributed by atoms with Crippen LogP contribution in [0.2, 0.25) is 0 Å². The van der Waals surface area contributed by atoms with Crippen LogP contribution in [-0.4, -0.2) is 41.9 Å². The van der Waals surface area contributed by atoms with Gasteiger partial charge in [0.15, 0.2) is 0 Å². The molecule has 1 aromatic carbocycles. The summed E-state index contributed by atoms with van der Waals surface area (Å²) in [7, 11) is 1.65. The quantitative estimate of drug-likeness (QED) is 0.627. The Morgan fingerprint density at radius 3 is 2.71 bits per heavy atom. The molecule has 1 aromatic heterocycles. The summed E-state index contributed by atoms with van der Waals surface area (Å²) in [4.78, 5) is 20.8. The number of carbonyl (C=O) groups excluding carboxylic acids is 1. The largest absolute Gasteiger partial charge is 0.385 e. The predicted octanol–water partition coefficient (Wildman–Crippen LogP) is 2.18. The van der Waals surface area contributed by atoms with Gasteiger partial charge < -0.3 is 10.1 Å². The number of thioether (sulfide) groups is 1. The second kappa shape index (κ2) is 7.95. The molecule has 0 aliphatic heterocycles. The van der Waals surface area contributed by atoms with Crippen molar-refractivity contribution in [1.82, 2.24) is 15.3 Å². The molecule has 0 radical (unpaired) electrons. The third kappa shape index (κ3) is 4.68. The van der Waals surface area contributed by atoms with Crippen molar-refractivity contribution in [3.63, 3.8) is 0 Å². The number of rotatable bonds is 7. The van der Waals surface area contributed by atoms with Crippen molar-refractivity contribution in [1.29, 1.82) is 0 Å². The maximum atomic E-state index is 11.7. The van der Waals surface area contributed by atoms with Gasteiger partial charge >= 0.3 is 0 Å². The Morgan fingerprint density at radius 1 is 1.29 bits per heavy atom. The fourth-order valence-electron chi connectivity index (χ4n) is 1.84. The van der Waals surface area contributed by atoms with Crippen LogP contribution in [-0.2, 0) is 9.53 Å². The fraction of sp³-hybridized carbons (Fsp3) is 0.400. The van der Waals surface area contributed by atoms with Crippen LogP contribution in [0.3, 0.4) is 0 Å². The van der Waals surface area contributed by atoms with Gasteiger partial charge in [-0.3, -0.25) is 4.79 Å². The van der Waals surface area contributed by atoms with Gasteiger partial charge in [-0.1, -0.05) is 23.9 Å². The van der Waals surface area contributed by atoms with Crippen molar-refractivity contribution in [2.75, 3.05) is 26.0 Å². The minimum atomic E-state index is 0.00506. The van der Waals surface area contributed by atoms with Gasteiger partial charge in [0.05, 0.1) is 22.5 Å².